The molecule has 0 aromatic heterocycles. The standard InChI is InChI=1S/C2H6O2.HNO2.H2S/c3-1-2-4;2-1-3;/h3-4H,1-2H2;(H,2,3);1H2. The molecule has 5 nitrogen and oxygen atoms in total. The highest BCUT2D eigenvalue weighted by Gasteiger charge is 1.58. The third-order valence-electron chi connectivity index (χ3n) is 0.1000. The van der Waals surface area contributed by atoms with E-state index in [2.05, 4.69) is 0 Å². The predicted molar refractivity (Wildman–Crippen MR) is 32.1 cm³/mol. The minimum atomic E-state index is -0.125. The van der Waals surface area contributed by atoms with Gasteiger partial charge in [-0.25, -0.2) is 0 Å². The van der Waals surface area contributed by atoms with Crippen molar-refractivity contribution in [1.82, 2.24) is 0 Å². The molecule has 0 radical (unpaired) electrons. The Morgan fingerprint density at radius 1 is 1.25 bits per heavy atom. The molecule has 0 rings (SSSR count). The Morgan fingerprint density at radius 2 is 1.38 bits per heavy atom. The molecule has 0 aromatic rings. The predicted octanol–water partition coefficient (Wildman–Crippen LogP) is -0.774. The summed E-state index contributed by atoms with van der Waals surface area (Å²) < 4.78 is 0. The summed E-state index contributed by atoms with van der Waals surface area (Å²) in [6.45, 7) is -0.250. The highest BCUT2D eigenvalue weighted by molar-refractivity contribution is 7.59. The largest absolute Gasteiger partial charge is 0.394 e. The van der Waals surface area contributed by atoms with Crippen molar-refractivity contribution in [2.24, 2.45) is 5.34 Å². The highest BCUT2D eigenvalue weighted by atomic mass is 32.1. The maximum absolute atomic E-state index is 8.11. The molecule has 0 fully saturated rings. The molecular formula is C2H9NO4S. The Kier molecular flexibility index (Phi) is 58.8. The van der Waals surface area contributed by atoms with Crippen LogP contribution in [0.15, 0.2) is 5.34 Å². The molecule has 0 aliphatic rings. The van der Waals surface area contributed by atoms with Gasteiger partial charge < -0.3 is 15.4 Å². The van der Waals surface area contributed by atoms with Crippen molar-refractivity contribution in [2.75, 3.05) is 13.2 Å². The van der Waals surface area contributed by atoms with E-state index in [0.717, 1.165) is 0 Å². The maximum atomic E-state index is 8.11. The van der Waals surface area contributed by atoms with E-state index in [1.807, 2.05) is 0 Å². The van der Waals surface area contributed by atoms with Crippen LogP contribution >= 0.6 is 13.5 Å². The van der Waals surface area contributed by atoms with Gasteiger partial charge in [-0.3, -0.25) is 0 Å². The summed E-state index contributed by atoms with van der Waals surface area (Å²) in [5, 5.41) is 23.1. The summed E-state index contributed by atoms with van der Waals surface area (Å²) in [7, 11) is 0. The number of rotatable bonds is 1. The second kappa shape index (κ2) is 30.1. The fraction of sp³-hybridized carbons (Fsp3) is 1.00. The normalized spacial score (nSPS) is 5.25. The molecule has 6 heteroatoms. The van der Waals surface area contributed by atoms with Crippen LogP contribution in [0.5, 0.6) is 0 Å². The Labute approximate surface area is 53.3 Å². The molecule has 52 valence electrons. The molecular weight excluding hydrogens is 134 g/mol. The summed E-state index contributed by atoms with van der Waals surface area (Å²) in [6, 6.07) is 0. The lowest BCUT2D eigenvalue weighted by molar-refractivity contribution is 0.186. The van der Waals surface area contributed by atoms with Crippen molar-refractivity contribution in [3.8, 4) is 0 Å². The third kappa shape index (κ3) is 275. The summed E-state index contributed by atoms with van der Waals surface area (Å²) in [4.78, 5) is 8.11. The van der Waals surface area contributed by atoms with Crippen LogP contribution in [0.3, 0.4) is 0 Å². The molecule has 0 unspecified atom stereocenters. The van der Waals surface area contributed by atoms with Gasteiger partial charge in [0.2, 0.25) is 0 Å². The van der Waals surface area contributed by atoms with Gasteiger partial charge >= 0.3 is 0 Å². The molecule has 0 saturated carbocycles. The van der Waals surface area contributed by atoms with Crippen LogP contribution in [0.1, 0.15) is 0 Å². The lowest BCUT2D eigenvalue weighted by Crippen LogP contribution is -1.85. The van der Waals surface area contributed by atoms with Gasteiger partial charge in [-0.15, -0.1) is 4.91 Å². The van der Waals surface area contributed by atoms with Gasteiger partial charge in [0.1, 0.15) is 0 Å². The van der Waals surface area contributed by atoms with Gasteiger partial charge in [-0.1, -0.05) is 0 Å². The van der Waals surface area contributed by atoms with Crippen molar-refractivity contribution < 1.29 is 15.4 Å². The second-order valence-corrected chi connectivity index (χ2v) is 0.529. The summed E-state index contributed by atoms with van der Waals surface area (Å²) in [5.74, 6) is 0. The number of nitrogens with zero attached hydrogens (tertiary/aromatic N) is 1. The first kappa shape index (κ1) is 15.6. The average molecular weight is 143 g/mol. The fourth-order valence-corrected chi connectivity index (χ4v) is 0. The summed E-state index contributed by atoms with van der Waals surface area (Å²) >= 11 is 0. The minimum absolute atomic E-state index is 0. The molecule has 0 saturated heterocycles. The molecule has 0 aliphatic heterocycles. The Balaban J connectivity index is -0.0000000575. The molecule has 0 aromatic carbocycles. The first-order chi connectivity index (χ1) is 3.33. The van der Waals surface area contributed by atoms with Crippen LogP contribution in [-0.4, -0.2) is 28.6 Å². The number of aliphatic hydroxyl groups is 2. The van der Waals surface area contributed by atoms with E-state index in [-0.39, 0.29) is 26.7 Å². The summed E-state index contributed by atoms with van der Waals surface area (Å²) in [6.07, 6.45) is 0. The van der Waals surface area contributed by atoms with E-state index < -0.39 is 0 Å². The lowest BCUT2D eigenvalue weighted by atomic mass is 10.8. The Bertz CT molecular complexity index is 33.2. The van der Waals surface area contributed by atoms with E-state index in [9.17, 15) is 0 Å². The zero-order chi connectivity index (χ0) is 6.12. The van der Waals surface area contributed by atoms with E-state index in [1.54, 1.807) is 0 Å². The highest BCUT2D eigenvalue weighted by Crippen LogP contribution is 1.39. The quantitative estimate of drug-likeness (QED) is 0.332. The van der Waals surface area contributed by atoms with Crippen LogP contribution in [0.4, 0.5) is 0 Å². The lowest BCUT2D eigenvalue weighted by Gasteiger charge is -1.70. The van der Waals surface area contributed by atoms with Crippen molar-refractivity contribution in [3.63, 3.8) is 0 Å². The first-order valence-corrected chi connectivity index (χ1v) is 1.52. The van der Waals surface area contributed by atoms with Crippen LogP contribution in [0.2, 0.25) is 0 Å². The third-order valence-corrected chi connectivity index (χ3v) is 0.1000. The average Bonchev–Trinajstić information content (AvgIpc) is 1.69. The topological polar surface area (TPSA) is 90.1 Å². The van der Waals surface area contributed by atoms with Gasteiger partial charge in [0.05, 0.1) is 13.2 Å². The Hall–Kier alpha value is -0.330. The molecule has 8 heavy (non-hydrogen) atoms. The maximum Gasteiger partial charge on any atom is 0.152 e. The minimum Gasteiger partial charge on any atom is -0.394 e. The van der Waals surface area contributed by atoms with Gasteiger partial charge in [0.25, 0.3) is 0 Å². The van der Waals surface area contributed by atoms with Crippen LogP contribution in [0.25, 0.3) is 0 Å². The number of aliphatic hydroxyl groups excluding tert-OH is 2. The summed E-state index contributed by atoms with van der Waals surface area (Å²) in [5.41, 5.74) is 0. The fourth-order valence-electron chi connectivity index (χ4n) is 0. The SMILES string of the molecule is O=NO.OCCO.S. The molecule has 0 atom stereocenters. The Morgan fingerprint density at radius 3 is 1.38 bits per heavy atom. The molecule has 0 heterocycles. The van der Waals surface area contributed by atoms with Crippen LogP contribution in [0, 0.1) is 4.91 Å². The van der Waals surface area contributed by atoms with Crippen molar-refractivity contribution in [2.45, 2.75) is 0 Å². The van der Waals surface area contributed by atoms with Crippen molar-refractivity contribution in [1.29, 1.82) is 0 Å². The van der Waals surface area contributed by atoms with E-state index in [0.29, 0.717) is 0 Å². The molecule has 0 amide bonds. The monoisotopic (exact) mass is 143 g/mol. The van der Waals surface area contributed by atoms with E-state index >= 15 is 0 Å². The van der Waals surface area contributed by atoms with E-state index in [4.69, 9.17) is 20.3 Å². The first-order valence-electron chi connectivity index (χ1n) is 1.52. The van der Waals surface area contributed by atoms with Crippen molar-refractivity contribution in [3.05, 3.63) is 4.91 Å². The molecule has 0 spiro atoms. The molecule has 3 N–H and O–H groups in total. The number of hydrogen-bond donors (Lipinski definition) is 3. The van der Waals surface area contributed by atoms with Crippen molar-refractivity contribution >= 4 is 13.5 Å². The van der Waals surface area contributed by atoms with Gasteiger partial charge in [0.15, 0.2) is 5.34 Å². The van der Waals surface area contributed by atoms with Gasteiger partial charge in [-0.2, -0.15) is 13.5 Å². The molecule has 0 aliphatic carbocycles. The van der Waals surface area contributed by atoms with Gasteiger partial charge in [0, 0.05) is 0 Å². The van der Waals surface area contributed by atoms with Crippen LogP contribution < -0.4 is 0 Å². The van der Waals surface area contributed by atoms with E-state index in [1.165, 1.54) is 5.34 Å². The number of hydrogen-bond acceptors (Lipinski definition) is 4. The molecule has 0 bridgehead atoms. The zero-order valence-corrected chi connectivity index (χ0v) is 5.11. The van der Waals surface area contributed by atoms with Crippen LogP contribution in [-0.2, 0) is 0 Å². The smallest absolute Gasteiger partial charge is 0.152 e. The van der Waals surface area contributed by atoms with Gasteiger partial charge in [-0.05, 0) is 0 Å². The second-order valence-electron chi connectivity index (χ2n) is 0.529. The zero-order valence-electron chi connectivity index (χ0n) is 4.11.